The van der Waals surface area contributed by atoms with Gasteiger partial charge in [0.2, 0.25) is 11.8 Å². The number of nitrogens with one attached hydrogen (secondary N) is 2. The van der Waals surface area contributed by atoms with Crippen LogP contribution in [0.4, 0.5) is 20.2 Å². The molecule has 2 N–H and O–H groups in total. The van der Waals surface area contributed by atoms with Gasteiger partial charge in [-0.3, -0.25) is 19.0 Å². The molecule has 2 aromatic heterocycles. The molecule has 0 unspecified atom stereocenters. The van der Waals surface area contributed by atoms with Gasteiger partial charge in [0.1, 0.15) is 24.8 Å². The van der Waals surface area contributed by atoms with Gasteiger partial charge in [0.05, 0.1) is 23.8 Å². The summed E-state index contributed by atoms with van der Waals surface area (Å²) in [6, 6.07) is 25.8. The number of aryl methyl sites for hydroxylation is 2. The number of benzene rings is 4. The van der Waals surface area contributed by atoms with Gasteiger partial charge in [0.15, 0.2) is 0 Å². The fraction of sp³-hybridized carbons (Fsp3) is 0.100. The van der Waals surface area contributed by atoms with Gasteiger partial charge in [-0.15, -0.1) is 9.05 Å². The summed E-state index contributed by atoms with van der Waals surface area (Å²) in [5.74, 6) is -1.38. The number of halogens is 2. The van der Waals surface area contributed by atoms with E-state index in [1.165, 1.54) is 36.4 Å². The van der Waals surface area contributed by atoms with Crippen molar-refractivity contribution in [2.24, 2.45) is 14.1 Å². The summed E-state index contributed by atoms with van der Waals surface area (Å²) in [6.07, 6.45) is 9.39. The molecule has 272 valence electrons. The van der Waals surface area contributed by atoms with Gasteiger partial charge < -0.3 is 10.6 Å². The summed E-state index contributed by atoms with van der Waals surface area (Å²) in [7, 11) is 1.09. The number of anilines is 2. The van der Waals surface area contributed by atoms with Gasteiger partial charge in [-0.2, -0.15) is 10.2 Å². The molecule has 0 saturated carbocycles. The van der Waals surface area contributed by atoms with E-state index in [2.05, 4.69) is 20.8 Å². The predicted molar refractivity (Wildman–Crippen MR) is 203 cm³/mol. The third kappa shape index (κ3) is 9.92. The van der Waals surface area contributed by atoms with Crippen LogP contribution in [0.2, 0.25) is 0 Å². The molecule has 0 fully saturated rings. The van der Waals surface area contributed by atoms with Gasteiger partial charge >= 0.3 is 8.25 Å². The number of nitrogens with zero attached hydrogens (tertiary/aromatic N) is 4. The van der Waals surface area contributed by atoms with Gasteiger partial charge in [0, 0.05) is 53.3 Å². The van der Waals surface area contributed by atoms with Gasteiger partial charge in [0.25, 0.3) is 0 Å². The molecule has 0 spiro atoms. The summed E-state index contributed by atoms with van der Waals surface area (Å²) in [5.41, 5.74) is 7.00. The summed E-state index contributed by atoms with van der Waals surface area (Å²) in [5, 5.41) is 14.1. The van der Waals surface area contributed by atoms with E-state index in [-0.39, 0.29) is 36.7 Å². The van der Waals surface area contributed by atoms with Gasteiger partial charge in [-0.1, -0.05) is 48.5 Å². The summed E-state index contributed by atoms with van der Waals surface area (Å²) >= 11 is 0. The minimum Gasteiger partial charge on any atom is -0.323 e. The summed E-state index contributed by atoms with van der Waals surface area (Å²) in [4.78, 5) is 25.2. The Morgan fingerprint density at radius 3 is 1.37 bits per heavy atom. The van der Waals surface area contributed by atoms with E-state index < -0.39 is 8.25 Å². The Bertz CT molecular complexity index is 2160. The molecule has 4 aromatic carbocycles. The van der Waals surface area contributed by atoms with Crippen molar-refractivity contribution < 1.29 is 32.0 Å². The number of amides is 2. The minimum atomic E-state index is -2.42. The number of aromatic nitrogens is 4. The van der Waals surface area contributed by atoms with E-state index in [9.17, 15) is 22.9 Å². The Kier molecular flexibility index (Phi) is 12.0. The molecule has 0 bridgehead atoms. The quantitative estimate of drug-likeness (QED) is 0.0845. The van der Waals surface area contributed by atoms with Crippen molar-refractivity contribution in [1.29, 1.82) is 0 Å². The van der Waals surface area contributed by atoms with Crippen LogP contribution in [0.5, 0.6) is 0 Å². The Balaban J connectivity index is 0.925. The third-order valence-corrected chi connectivity index (χ3v) is 8.86. The Morgan fingerprint density at radius 2 is 1.00 bits per heavy atom. The molecule has 6 rings (SSSR count). The van der Waals surface area contributed by atoms with E-state index in [1.54, 1.807) is 121 Å². The van der Waals surface area contributed by atoms with Crippen molar-refractivity contribution in [3.63, 3.8) is 0 Å². The maximum atomic E-state index is 13.4. The number of hydrogen-bond donors (Lipinski definition) is 2. The summed E-state index contributed by atoms with van der Waals surface area (Å²) < 4.78 is 53.1. The van der Waals surface area contributed by atoms with Crippen LogP contribution in [-0.4, -0.2) is 31.4 Å². The fourth-order valence-electron chi connectivity index (χ4n) is 5.33. The third-order valence-electron chi connectivity index (χ3n) is 8.18. The highest BCUT2D eigenvalue weighted by Crippen LogP contribution is 2.29. The van der Waals surface area contributed by atoms with Crippen LogP contribution in [0.15, 0.2) is 122 Å². The average molecular weight is 748 g/mol. The predicted octanol–water partition coefficient (Wildman–Crippen LogP) is 8.46. The lowest BCUT2D eigenvalue weighted by Crippen LogP contribution is -2.08. The lowest BCUT2D eigenvalue weighted by atomic mass is 10.1. The zero-order chi connectivity index (χ0) is 38.0. The van der Waals surface area contributed by atoms with E-state index in [1.807, 2.05) is 0 Å². The normalized spacial score (nSPS) is 11.3. The molecule has 0 atom stereocenters. The Labute approximate surface area is 310 Å². The molecule has 54 heavy (non-hydrogen) atoms. The maximum absolute atomic E-state index is 13.4. The van der Waals surface area contributed by atoms with E-state index in [0.29, 0.717) is 22.8 Å². The molecule has 0 aliphatic carbocycles. The second-order valence-electron chi connectivity index (χ2n) is 12.0. The minimum absolute atomic E-state index is 0.0265. The highest BCUT2D eigenvalue weighted by molar-refractivity contribution is 7.33. The average Bonchev–Trinajstić information content (AvgIpc) is 3.73. The van der Waals surface area contributed by atoms with Crippen molar-refractivity contribution in [3.05, 3.63) is 156 Å². The van der Waals surface area contributed by atoms with Crippen molar-refractivity contribution in [2.45, 2.75) is 13.2 Å². The molecule has 2 amide bonds. The molecule has 0 aliphatic heterocycles. The summed E-state index contributed by atoms with van der Waals surface area (Å²) in [6.45, 7) is 0.0529. The molecule has 6 aromatic rings. The smallest absolute Gasteiger partial charge is 0.323 e. The SMILES string of the molecule is Cn1ncc(-c2ccc(F)cc2)c1/C=C/C(=O)Nc1ccc(CO[P+](=O)OCc2ccc(NC(=O)/C=C/c3c(-c4ccc(F)cc4)cnn3C)cc2)cc1. The highest BCUT2D eigenvalue weighted by atomic mass is 31.1. The Hall–Kier alpha value is -6.40. The monoisotopic (exact) mass is 747 g/mol. The first-order valence-corrected chi connectivity index (χ1v) is 17.7. The van der Waals surface area contributed by atoms with Crippen molar-refractivity contribution >= 4 is 43.6 Å². The first-order valence-electron chi connectivity index (χ1n) is 16.6. The molecule has 0 saturated heterocycles. The zero-order valence-electron chi connectivity index (χ0n) is 29.1. The van der Waals surface area contributed by atoms with Crippen molar-refractivity contribution in [2.75, 3.05) is 10.6 Å². The second kappa shape index (κ2) is 17.4. The standard InChI is InChI=1S/C40H33F2N6O5P/c1-47-37(35(23-43-47)29-7-11-31(41)12-8-29)19-21-39(49)45-33-15-3-27(4-16-33)25-52-54(51)53-26-28-5-17-34(18-6-28)46-40(50)22-20-38-36(24-44-48(38)2)30-9-13-32(42)14-10-30/h3-24H,25-26H2,1-2H3,(H-,45,46,49,50)/p+1/b21-19+,22-20+. The zero-order valence-corrected chi connectivity index (χ0v) is 30.0. The first-order chi connectivity index (χ1) is 26.1. The number of rotatable bonds is 14. The molecular weight excluding hydrogens is 713 g/mol. The van der Waals surface area contributed by atoms with E-state index >= 15 is 0 Å². The molecule has 14 heteroatoms. The topological polar surface area (TPSA) is 129 Å². The molecule has 0 aliphatic rings. The number of carbonyl (C=O) groups is 2. The van der Waals surface area contributed by atoms with Crippen LogP contribution in [0.1, 0.15) is 22.5 Å². The maximum Gasteiger partial charge on any atom is 0.698 e. The number of carbonyl (C=O) groups excluding carboxylic acids is 2. The highest BCUT2D eigenvalue weighted by Gasteiger charge is 2.21. The van der Waals surface area contributed by atoms with Crippen LogP contribution < -0.4 is 10.6 Å². The molecule has 11 nitrogen and oxygen atoms in total. The van der Waals surface area contributed by atoms with E-state index in [4.69, 9.17) is 9.05 Å². The van der Waals surface area contributed by atoms with Crippen LogP contribution in [0.25, 0.3) is 34.4 Å². The molecular formula is C40H34F2N6O5P+. The first kappa shape index (κ1) is 37.4. The van der Waals surface area contributed by atoms with Crippen LogP contribution in [0.3, 0.4) is 0 Å². The van der Waals surface area contributed by atoms with Gasteiger partial charge in [-0.05, 0) is 82.9 Å². The van der Waals surface area contributed by atoms with Crippen LogP contribution in [0, 0.1) is 11.6 Å². The second-order valence-corrected chi connectivity index (χ2v) is 12.9. The molecule has 2 heterocycles. The molecule has 0 radical (unpaired) electrons. The van der Waals surface area contributed by atoms with Gasteiger partial charge in [-0.25, -0.2) is 8.78 Å². The van der Waals surface area contributed by atoms with Crippen LogP contribution >= 0.6 is 8.25 Å². The van der Waals surface area contributed by atoms with E-state index in [0.717, 1.165) is 33.4 Å². The fourth-order valence-corrected chi connectivity index (χ4v) is 5.91. The van der Waals surface area contributed by atoms with Crippen molar-refractivity contribution in [1.82, 2.24) is 19.6 Å². The lowest BCUT2D eigenvalue weighted by Gasteiger charge is -2.05. The van der Waals surface area contributed by atoms with Crippen molar-refractivity contribution in [3.8, 4) is 22.3 Å². The van der Waals surface area contributed by atoms with Crippen LogP contribution in [-0.2, 0) is 50.5 Å². The number of hydrogen-bond acceptors (Lipinski definition) is 7. The lowest BCUT2D eigenvalue weighted by molar-refractivity contribution is -0.112. The Morgan fingerprint density at radius 1 is 0.630 bits per heavy atom. The largest absolute Gasteiger partial charge is 0.698 e.